The quantitative estimate of drug-likeness (QED) is 0.278. The van der Waals surface area contributed by atoms with Crippen LogP contribution < -0.4 is 5.32 Å². The highest BCUT2D eigenvalue weighted by Gasteiger charge is 2.44. The molecule has 1 aromatic carbocycles. The Labute approximate surface area is 200 Å². The van der Waals surface area contributed by atoms with Crippen molar-refractivity contribution in [2.45, 2.75) is 61.6 Å². The number of fused-ring (bicyclic) bond motifs is 1. The van der Waals surface area contributed by atoms with Crippen molar-refractivity contribution < 1.29 is 15.3 Å². The number of aromatic nitrogens is 5. The van der Waals surface area contributed by atoms with Crippen LogP contribution in [-0.4, -0.2) is 70.9 Å². The van der Waals surface area contributed by atoms with Gasteiger partial charge in [-0.2, -0.15) is 0 Å². The summed E-state index contributed by atoms with van der Waals surface area (Å²) in [5, 5.41) is 43.9. The maximum absolute atomic E-state index is 10.6. The highest BCUT2D eigenvalue weighted by Crippen LogP contribution is 2.44. The third-order valence-electron chi connectivity index (χ3n) is 6.47. The number of aliphatic hydroxyl groups excluding tert-OH is 3. The standard InChI is InChI=1S/C22H27ClN6O3S/c1-2-7-33-22-25-20(24-15-9-14(15)11-3-5-13(23)6-4-11)17-21(26-22)29(28-27-17)16-8-12(10-30)18(31)19(16)32/h3-6,12,14-16,18-19,30-32H,2,7-10H2,1H3,(H,24,25,26)/t12-,14?,15?,16-,18-,19+/m0/s1. The molecule has 0 saturated heterocycles. The topological polar surface area (TPSA) is 129 Å². The lowest BCUT2D eigenvalue weighted by Crippen LogP contribution is -2.30. The first kappa shape index (κ1) is 22.8. The summed E-state index contributed by atoms with van der Waals surface area (Å²) in [5.74, 6) is 1.45. The molecule has 2 aliphatic rings. The zero-order valence-corrected chi connectivity index (χ0v) is 19.7. The Morgan fingerprint density at radius 1 is 1.15 bits per heavy atom. The molecule has 5 rings (SSSR count). The predicted octanol–water partition coefficient (Wildman–Crippen LogP) is 2.62. The molecule has 33 heavy (non-hydrogen) atoms. The van der Waals surface area contributed by atoms with Crippen molar-refractivity contribution in [1.29, 1.82) is 0 Å². The summed E-state index contributed by atoms with van der Waals surface area (Å²) in [6.45, 7) is 1.90. The number of anilines is 1. The van der Waals surface area contributed by atoms with Crippen LogP contribution in [0.4, 0.5) is 5.82 Å². The number of halogens is 1. The Balaban J connectivity index is 1.45. The van der Waals surface area contributed by atoms with Crippen molar-refractivity contribution in [3.8, 4) is 0 Å². The van der Waals surface area contributed by atoms with Crippen molar-refractivity contribution in [3.63, 3.8) is 0 Å². The van der Waals surface area contributed by atoms with Gasteiger partial charge in [0.1, 0.15) is 6.10 Å². The highest BCUT2D eigenvalue weighted by molar-refractivity contribution is 7.99. The molecule has 0 spiro atoms. The number of hydrogen-bond donors (Lipinski definition) is 4. The summed E-state index contributed by atoms with van der Waals surface area (Å²) in [4.78, 5) is 9.40. The van der Waals surface area contributed by atoms with Crippen LogP contribution in [0.15, 0.2) is 29.4 Å². The van der Waals surface area contributed by atoms with Gasteiger partial charge in [-0.15, -0.1) is 5.10 Å². The summed E-state index contributed by atoms with van der Waals surface area (Å²) in [6.07, 6.45) is 0.286. The lowest BCUT2D eigenvalue weighted by molar-refractivity contribution is -0.00512. The lowest BCUT2D eigenvalue weighted by Gasteiger charge is -2.17. The van der Waals surface area contributed by atoms with Gasteiger partial charge < -0.3 is 20.6 Å². The highest BCUT2D eigenvalue weighted by atomic mass is 35.5. The van der Waals surface area contributed by atoms with E-state index in [0.29, 0.717) is 34.5 Å². The number of aliphatic hydroxyl groups is 3. The van der Waals surface area contributed by atoms with Gasteiger partial charge in [-0.05, 0) is 37.0 Å². The van der Waals surface area contributed by atoms with Crippen LogP contribution in [0.3, 0.4) is 0 Å². The third-order valence-corrected chi connectivity index (χ3v) is 7.77. The van der Waals surface area contributed by atoms with Crippen molar-refractivity contribution in [3.05, 3.63) is 34.9 Å². The maximum atomic E-state index is 10.6. The number of rotatable bonds is 8. The molecule has 2 fully saturated rings. The van der Waals surface area contributed by atoms with E-state index in [1.54, 1.807) is 16.4 Å². The molecule has 2 aliphatic carbocycles. The van der Waals surface area contributed by atoms with Gasteiger partial charge >= 0.3 is 0 Å². The van der Waals surface area contributed by atoms with Crippen LogP contribution in [0.25, 0.3) is 11.2 Å². The third kappa shape index (κ3) is 4.42. The van der Waals surface area contributed by atoms with Crippen LogP contribution in [-0.2, 0) is 0 Å². The van der Waals surface area contributed by atoms with Gasteiger partial charge in [0.2, 0.25) is 0 Å². The molecule has 0 amide bonds. The second kappa shape index (κ2) is 9.34. The van der Waals surface area contributed by atoms with E-state index >= 15 is 0 Å². The average Bonchev–Trinajstić information content (AvgIpc) is 3.35. The zero-order valence-electron chi connectivity index (χ0n) is 18.2. The largest absolute Gasteiger partial charge is 0.396 e. The molecule has 0 bridgehead atoms. The summed E-state index contributed by atoms with van der Waals surface area (Å²) < 4.78 is 1.57. The summed E-state index contributed by atoms with van der Waals surface area (Å²) in [7, 11) is 0. The molecule has 3 aromatic rings. The van der Waals surface area contributed by atoms with Gasteiger partial charge in [-0.1, -0.05) is 47.6 Å². The van der Waals surface area contributed by atoms with E-state index in [9.17, 15) is 15.3 Å². The van der Waals surface area contributed by atoms with E-state index in [1.807, 2.05) is 24.3 Å². The van der Waals surface area contributed by atoms with Gasteiger partial charge in [0.25, 0.3) is 0 Å². The Morgan fingerprint density at radius 2 is 1.94 bits per heavy atom. The van der Waals surface area contributed by atoms with Crippen LogP contribution >= 0.6 is 23.4 Å². The van der Waals surface area contributed by atoms with Crippen LogP contribution in [0.2, 0.25) is 5.02 Å². The summed E-state index contributed by atoms with van der Waals surface area (Å²) in [6, 6.07) is 7.61. The molecule has 0 radical (unpaired) electrons. The fourth-order valence-corrected chi connectivity index (χ4v) is 5.34. The Morgan fingerprint density at radius 3 is 2.64 bits per heavy atom. The number of nitrogens with one attached hydrogen (secondary N) is 1. The summed E-state index contributed by atoms with van der Waals surface area (Å²) >= 11 is 7.58. The first-order valence-corrected chi connectivity index (χ1v) is 12.6. The molecule has 2 saturated carbocycles. The molecular weight excluding hydrogens is 464 g/mol. The predicted molar refractivity (Wildman–Crippen MR) is 127 cm³/mol. The summed E-state index contributed by atoms with van der Waals surface area (Å²) in [5.41, 5.74) is 2.28. The van der Waals surface area contributed by atoms with E-state index < -0.39 is 24.2 Å². The molecule has 6 atom stereocenters. The Kier molecular flexibility index (Phi) is 6.45. The number of hydrogen-bond acceptors (Lipinski definition) is 9. The fraction of sp³-hybridized carbons (Fsp3) is 0.545. The SMILES string of the molecule is CCCSc1nc(NC2CC2c2ccc(Cl)cc2)c2nnn([C@H]3C[C@@H](CO)[C@H](O)[C@@H]3O)c2n1. The molecule has 0 aliphatic heterocycles. The smallest absolute Gasteiger partial charge is 0.191 e. The molecule has 4 N–H and O–H groups in total. The molecule has 11 heteroatoms. The van der Waals surface area contributed by atoms with Gasteiger partial charge in [0.05, 0.1) is 12.1 Å². The van der Waals surface area contributed by atoms with Crippen molar-refractivity contribution >= 4 is 40.3 Å². The normalized spacial score (nSPS) is 29.0. The van der Waals surface area contributed by atoms with Crippen molar-refractivity contribution in [2.75, 3.05) is 17.7 Å². The first-order chi connectivity index (χ1) is 16.0. The maximum Gasteiger partial charge on any atom is 0.191 e. The Hall–Kier alpha value is -1.98. The second-order valence-electron chi connectivity index (χ2n) is 8.78. The second-order valence-corrected chi connectivity index (χ2v) is 10.3. The lowest BCUT2D eigenvalue weighted by atomic mass is 10.1. The minimum absolute atomic E-state index is 0.200. The van der Waals surface area contributed by atoms with E-state index in [1.165, 1.54) is 5.56 Å². The molecule has 9 nitrogen and oxygen atoms in total. The minimum Gasteiger partial charge on any atom is -0.396 e. The number of nitrogens with zero attached hydrogens (tertiary/aromatic N) is 5. The Bertz CT molecular complexity index is 1130. The van der Waals surface area contributed by atoms with E-state index in [0.717, 1.165) is 23.6 Å². The van der Waals surface area contributed by atoms with Crippen LogP contribution in [0.5, 0.6) is 0 Å². The monoisotopic (exact) mass is 490 g/mol. The van der Waals surface area contributed by atoms with Gasteiger partial charge in [0, 0.05) is 35.3 Å². The fourth-order valence-electron chi connectivity index (χ4n) is 4.52. The van der Waals surface area contributed by atoms with E-state index in [2.05, 4.69) is 27.5 Å². The molecule has 2 unspecified atom stereocenters. The average molecular weight is 491 g/mol. The van der Waals surface area contributed by atoms with Crippen LogP contribution in [0.1, 0.15) is 43.7 Å². The van der Waals surface area contributed by atoms with Crippen LogP contribution in [0, 0.1) is 5.92 Å². The van der Waals surface area contributed by atoms with E-state index in [-0.39, 0.29) is 12.6 Å². The zero-order chi connectivity index (χ0) is 23.1. The van der Waals surface area contributed by atoms with Gasteiger partial charge in [-0.3, -0.25) is 0 Å². The first-order valence-electron chi connectivity index (χ1n) is 11.2. The number of benzene rings is 1. The van der Waals surface area contributed by atoms with Gasteiger partial charge in [0.15, 0.2) is 22.1 Å². The molecular formula is C22H27ClN6O3S. The minimum atomic E-state index is -1.05. The van der Waals surface area contributed by atoms with E-state index in [4.69, 9.17) is 16.6 Å². The van der Waals surface area contributed by atoms with Gasteiger partial charge in [-0.25, -0.2) is 14.6 Å². The molecule has 2 aromatic heterocycles. The van der Waals surface area contributed by atoms with Crippen molar-refractivity contribution in [1.82, 2.24) is 25.0 Å². The number of thioether (sulfide) groups is 1. The van der Waals surface area contributed by atoms with Crippen molar-refractivity contribution in [2.24, 2.45) is 5.92 Å². The molecule has 176 valence electrons. The molecule has 2 heterocycles.